The third-order valence-corrected chi connectivity index (χ3v) is 2.69. The molecule has 1 rings (SSSR count). The second kappa shape index (κ2) is 9.58. The quantitative estimate of drug-likeness (QED) is 0.431. The van der Waals surface area contributed by atoms with Gasteiger partial charge in [-0.05, 0) is 50.1 Å². The molecule has 0 aliphatic carbocycles. The molecule has 0 aromatic heterocycles. The van der Waals surface area contributed by atoms with Gasteiger partial charge in [0.15, 0.2) is 0 Å². The monoisotopic (exact) mass is 291 g/mol. The van der Waals surface area contributed by atoms with Crippen LogP contribution in [0, 0.1) is 0 Å². The van der Waals surface area contributed by atoms with Crippen LogP contribution in [0.4, 0.5) is 0 Å². The highest BCUT2D eigenvalue weighted by Crippen LogP contribution is 2.13. The summed E-state index contributed by atoms with van der Waals surface area (Å²) in [5.74, 6) is 0.214. The van der Waals surface area contributed by atoms with Gasteiger partial charge in [-0.15, -0.1) is 0 Å². The molecule has 0 heterocycles. The number of nitrogens with one attached hydrogen (secondary N) is 1. The average molecular weight is 291 g/mol. The lowest BCUT2D eigenvalue weighted by Gasteiger charge is -2.07. The molecule has 114 valence electrons. The number of esters is 1. The van der Waals surface area contributed by atoms with Crippen molar-refractivity contribution in [2.75, 3.05) is 19.8 Å². The molecule has 0 aliphatic heterocycles. The molecule has 0 bridgehead atoms. The first-order valence-electron chi connectivity index (χ1n) is 6.97. The smallest absolute Gasteiger partial charge is 0.338 e. The topological polar surface area (TPSA) is 64.6 Å². The normalized spacial score (nSPS) is 9.76. The molecule has 1 aromatic carbocycles. The van der Waals surface area contributed by atoms with E-state index in [2.05, 4.69) is 11.9 Å². The molecule has 0 radical (unpaired) electrons. The highest BCUT2D eigenvalue weighted by Gasteiger charge is 2.05. The van der Waals surface area contributed by atoms with Gasteiger partial charge in [-0.25, -0.2) is 4.79 Å². The van der Waals surface area contributed by atoms with Crippen molar-refractivity contribution in [1.29, 1.82) is 0 Å². The Morgan fingerprint density at radius 3 is 2.57 bits per heavy atom. The first-order valence-corrected chi connectivity index (χ1v) is 6.97. The number of hydrogen-bond acceptors (Lipinski definition) is 4. The maximum Gasteiger partial charge on any atom is 0.338 e. The van der Waals surface area contributed by atoms with Crippen LogP contribution in [0.25, 0.3) is 0 Å². The molecule has 0 saturated heterocycles. The van der Waals surface area contributed by atoms with Gasteiger partial charge < -0.3 is 14.8 Å². The van der Waals surface area contributed by atoms with Crippen molar-refractivity contribution < 1.29 is 19.1 Å². The average Bonchev–Trinajstić information content (AvgIpc) is 2.51. The predicted octanol–water partition coefficient (Wildman–Crippen LogP) is 2.32. The molecule has 5 nitrogen and oxygen atoms in total. The fourth-order valence-corrected chi connectivity index (χ4v) is 1.60. The molecule has 0 spiro atoms. The maximum atomic E-state index is 11.5. The van der Waals surface area contributed by atoms with Gasteiger partial charge in [-0.1, -0.05) is 6.58 Å². The van der Waals surface area contributed by atoms with E-state index in [0.29, 0.717) is 31.1 Å². The summed E-state index contributed by atoms with van der Waals surface area (Å²) in [7, 11) is 0. The molecule has 0 fully saturated rings. The number of amides is 1. The van der Waals surface area contributed by atoms with Crippen LogP contribution in [0.1, 0.15) is 30.1 Å². The summed E-state index contributed by atoms with van der Waals surface area (Å²) in [6.07, 6.45) is 2.92. The SMILES string of the molecule is C=CC(=O)NCCCCOc1ccc(C(=O)OCC)cc1. The molecule has 1 N–H and O–H groups in total. The van der Waals surface area contributed by atoms with Gasteiger partial charge in [0.2, 0.25) is 5.91 Å². The summed E-state index contributed by atoms with van der Waals surface area (Å²) >= 11 is 0. The van der Waals surface area contributed by atoms with E-state index in [1.54, 1.807) is 31.2 Å². The van der Waals surface area contributed by atoms with Crippen molar-refractivity contribution in [3.8, 4) is 5.75 Å². The Hall–Kier alpha value is -2.30. The number of carbonyl (C=O) groups excluding carboxylic acids is 2. The van der Waals surface area contributed by atoms with Gasteiger partial charge in [0.25, 0.3) is 0 Å². The Morgan fingerprint density at radius 2 is 1.95 bits per heavy atom. The Morgan fingerprint density at radius 1 is 1.24 bits per heavy atom. The van der Waals surface area contributed by atoms with Crippen molar-refractivity contribution >= 4 is 11.9 Å². The third kappa shape index (κ3) is 6.61. The van der Waals surface area contributed by atoms with E-state index in [0.717, 1.165) is 12.8 Å². The van der Waals surface area contributed by atoms with Gasteiger partial charge in [0.1, 0.15) is 5.75 Å². The van der Waals surface area contributed by atoms with E-state index >= 15 is 0 Å². The van der Waals surface area contributed by atoms with Crippen LogP contribution in [-0.2, 0) is 9.53 Å². The number of benzene rings is 1. The van der Waals surface area contributed by atoms with Crippen LogP contribution in [0.15, 0.2) is 36.9 Å². The van der Waals surface area contributed by atoms with E-state index in [-0.39, 0.29) is 11.9 Å². The molecule has 5 heteroatoms. The van der Waals surface area contributed by atoms with Gasteiger partial charge in [0.05, 0.1) is 18.8 Å². The number of rotatable bonds is 9. The summed E-state index contributed by atoms with van der Waals surface area (Å²) < 4.78 is 10.4. The van der Waals surface area contributed by atoms with Crippen molar-refractivity contribution in [3.05, 3.63) is 42.5 Å². The lowest BCUT2D eigenvalue weighted by molar-refractivity contribution is -0.116. The van der Waals surface area contributed by atoms with Crippen LogP contribution in [0.5, 0.6) is 5.75 Å². The minimum absolute atomic E-state index is 0.162. The number of carbonyl (C=O) groups is 2. The standard InChI is InChI=1S/C16H21NO4/c1-3-15(18)17-11-5-6-12-21-14-9-7-13(8-10-14)16(19)20-4-2/h3,7-10H,1,4-6,11-12H2,2H3,(H,17,18). The minimum Gasteiger partial charge on any atom is -0.494 e. The largest absolute Gasteiger partial charge is 0.494 e. The molecule has 0 aliphatic rings. The van der Waals surface area contributed by atoms with Crippen molar-refractivity contribution in [1.82, 2.24) is 5.32 Å². The highest BCUT2D eigenvalue weighted by molar-refractivity contribution is 5.89. The second-order valence-electron chi connectivity index (χ2n) is 4.30. The lowest BCUT2D eigenvalue weighted by Crippen LogP contribution is -2.22. The van der Waals surface area contributed by atoms with Crippen LogP contribution < -0.4 is 10.1 Å². The van der Waals surface area contributed by atoms with Gasteiger partial charge >= 0.3 is 5.97 Å². The summed E-state index contributed by atoms with van der Waals surface area (Å²) in [6, 6.07) is 6.84. The molecule has 0 unspecified atom stereocenters. The Kier molecular flexibility index (Phi) is 7.64. The number of ether oxygens (including phenoxy) is 2. The van der Waals surface area contributed by atoms with Crippen LogP contribution in [0.2, 0.25) is 0 Å². The summed E-state index contributed by atoms with van der Waals surface area (Å²) in [4.78, 5) is 22.4. The Balaban J connectivity index is 2.22. The number of unbranched alkanes of at least 4 members (excludes halogenated alkanes) is 1. The minimum atomic E-state index is -0.331. The predicted molar refractivity (Wildman–Crippen MR) is 80.3 cm³/mol. The van der Waals surface area contributed by atoms with E-state index in [4.69, 9.17) is 9.47 Å². The van der Waals surface area contributed by atoms with E-state index in [1.807, 2.05) is 0 Å². The fourth-order valence-electron chi connectivity index (χ4n) is 1.60. The van der Waals surface area contributed by atoms with Crippen molar-refractivity contribution in [2.24, 2.45) is 0 Å². The van der Waals surface area contributed by atoms with E-state index in [9.17, 15) is 9.59 Å². The van der Waals surface area contributed by atoms with Crippen molar-refractivity contribution in [2.45, 2.75) is 19.8 Å². The maximum absolute atomic E-state index is 11.5. The van der Waals surface area contributed by atoms with Gasteiger partial charge in [0, 0.05) is 6.54 Å². The Bertz CT molecular complexity index is 468. The van der Waals surface area contributed by atoms with Crippen LogP contribution in [-0.4, -0.2) is 31.6 Å². The summed E-state index contributed by atoms with van der Waals surface area (Å²) in [6.45, 7) is 6.67. The van der Waals surface area contributed by atoms with Crippen LogP contribution in [0.3, 0.4) is 0 Å². The summed E-state index contributed by atoms with van der Waals surface area (Å²) in [5.41, 5.74) is 0.510. The third-order valence-electron chi connectivity index (χ3n) is 2.69. The summed E-state index contributed by atoms with van der Waals surface area (Å²) in [5, 5.41) is 2.70. The first kappa shape index (κ1) is 16.8. The zero-order chi connectivity index (χ0) is 15.5. The first-order chi connectivity index (χ1) is 10.2. The molecule has 1 aromatic rings. The molecule has 0 atom stereocenters. The van der Waals surface area contributed by atoms with Gasteiger partial charge in [-0.2, -0.15) is 0 Å². The second-order valence-corrected chi connectivity index (χ2v) is 4.30. The lowest BCUT2D eigenvalue weighted by atomic mass is 10.2. The molecule has 1 amide bonds. The molecular weight excluding hydrogens is 270 g/mol. The molecule has 21 heavy (non-hydrogen) atoms. The van der Waals surface area contributed by atoms with Gasteiger partial charge in [-0.3, -0.25) is 4.79 Å². The number of hydrogen-bond donors (Lipinski definition) is 1. The van der Waals surface area contributed by atoms with Crippen LogP contribution >= 0.6 is 0 Å². The van der Waals surface area contributed by atoms with Crippen molar-refractivity contribution in [3.63, 3.8) is 0 Å². The van der Waals surface area contributed by atoms with E-state index < -0.39 is 0 Å². The Labute approximate surface area is 124 Å². The zero-order valence-corrected chi connectivity index (χ0v) is 12.3. The molecule has 0 saturated carbocycles. The fraction of sp³-hybridized carbons (Fsp3) is 0.375. The van der Waals surface area contributed by atoms with E-state index in [1.165, 1.54) is 6.08 Å². The molecular formula is C16H21NO4. The highest BCUT2D eigenvalue weighted by atomic mass is 16.5. The zero-order valence-electron chi connectivity index (χ0n) is 12.3.